The van der Waals surface area contributed by atoms with Crippen LogP contribution in [0.15, 0.2) is 0 Å². The Hall–Kier alpha value is -0.870. The second kappa shape index (κ2) is 8.58. The van der Waals surface area contributed by atoms with Crippen molar-refractivity contribution in [1.29, 1.82) is 0 Å². The molecule has 0 aromatic heterocycles. The number of hydrogen-bond donors (Lipinski definition) is 0. The summed E-state index contributed by atoms with van der Waals surface area (Å²) in [5.74, 6) is 0. The van der Waals surface area contributed by atoms with E-state index in [1.807, 2.05) is 0 Å². The van der Waals surface area contributed by atoms with Crippen molar-refractivity contribution >= 4 is 6.88 Å². The molecular formula is C15H20F18NP. The van der Waals surface area contributed by atoms with E-state index in [1.54, 1.807) is 0 Å². The van der Waals surface area contributed by atoms with Crippen LogP contribution in [0.3, 0.4) is 0 Å². The third-order valence-electron chi connectivity index (χ3n) is 5.52. The first-order chi connectivity index (χ1) is 14.9. The van der Waals surface area contributed by atoms with Crippen LogP contribution in [0.2, 0.25) is 0 Å². The van der Waals surface area contributed by atoms with Crippen LogP contribution in [0, 0.1) is 0 Å². The van der Waals surface area contributed by atoms with E-state index in [-0.39, 0.29) is 0 Å². The van der Waals surface area contributed by atoms with Crippen molar-refractivity contribution in [2.24, 2.45) is 0 Å². The SMILES string of the molecule is CCCC[N+]1(C)CCCC1.FC(F)(F)C(F)(F)[P-](F)(F)(F)(C(F)(F)C(F)(F)F)C(F)(F)C(F)(F)F. The van der Waals surface area contributed by atoms with E-state index in [0.717, 1.165) is 0 Å². The number of likely N-dealkylation sites (tertiary alicyclic amines) is 1. The topological polar surface area (TPSA) is 0 Å². The van der Waals surface area contributed by atoms with E-state index >= 15 is 0 Å². The molecule has 0 saturated carbocycles. The fourth-order valence-corrected chi connectivity index (χ4v) is 5.88. The number of unbranched alkanes of at least 4 members (excludes halogenated alkanes) is 1. The van der Waals surface area contributed by atoms with Gasteiger partial charge in [0.25, 0.3) is 0 Å². The minimum atomic E-state index is -15.0. The predicted molar refractivity (Wildman–Crippen MR) is 88.2 cm³/mol. The molecule has 1 saturated heterocycles. The molecule has 0 aromatic carbocycles. The molecule has 0 bridgehead atoms. The maximum absolute atomic E-state index is 15.0. The Morgan fingerprint density at radius 1 is 0.571 bits per heavy atom. The molecule has 0 aromatic rings. The van der Waals surface area contributed by atoms with Gasteiger partial charge in [0.15, 0.2) is 0 Å². The summed E-state index contributed by atoms with van der Waals surface area (Å²) >= 11 is 0. The quantitative estimate of drug-likeness (QED) is 0.165. The molecule has 0 atom stereocenters. The Morgan fingerprint density at radius 3 is 1.03 bits per heavy atom. The Balaban J connectivity index is 0.000000952. The van der Waals surface area contributed by atoms with Crippen LogP contribution in [0.25, 0.3) is 0 Å². The number of nitrogens with zero attached hydrogens (tertiary/aromatic N) is 1. The van der Waals surface area contributed by atoms with Gasteiger partial charge in [-0.2, -0.15) is 0 Å². The summed E-state index contributed by atoms with van der Waals surface area (Å²) in [4.78, 5) is 0. The third kappa shape index (κ3) is 4.43. The fraction of sp³-hybridized carbons (Fsp3) is 1.00. The van der Waals surface area contributed by atoms with Crippen LogP contribution in [0.4, 0.5) is 78.4 Å². The van der Waals surface area contributed by atoms with E-state index in [4.69, 9.17) is 0 Å². The van der Waals surface area contributed by atoms with Crippen molar-refractivity contribution < 1.29 is 82.9 Å². The zero-order chi connectivity index (χ0) is 28.9. The van der Waals surface area contributed by atoms with Crippen LogP contribution in [0.5, 0.6) is 0 Å². The molecule has 0 aliphatic carbocycles. The van der Waals surface area contributed by atoms with Gasteiger partial charge in [-0.25, -0.2) is 0 Å². The average molecular weight is 587 g/mol. The molecule has 0 amide bonds. The summed E-state index contributed by atoms with van der Waals surface area (Å²) in [6.07, 6.45) is -20.4. The minimum absolute atomic E-state index is 1.36. The van der Waals surface area contributed by atoms with Crippen molar-refractivity contribution in [2.75, 3.05) is 26.7 Å². The van der Waals surface area contributed by atoms with Crippen molar-refractivity contribution in [2.45, 2.75) is 68.1 Å². The number of hydrogen-bond acceptors (Lipinski definition) is 0. The zero-order valence-electron chi connectivity index (χ0n) is 17.6. The number of alkyl halides is 15. The second-order valence-electron chi connectivity index (χ2n) is 8.26. The molecule has 216 valence electrons. The van der Waals surface area contributed by atoms with Crippen molar-refractivity contribution in [3.8, 4) is 0 Å². The Labute approximate surface area is 185 Å². The van der Waals surface area contributed by atoms with E-state index in [0.29, 0.717) is 0 Å². The van der Waals surface area contributed by atoms with Gasteiger partial charge in [0.2, 0.25) is 0 Å². The summed E-state index contributed by atoms with van der Waals surface area (Å²) in [7, 11) is 2.41. The molecule has 0 spiro atoms. The number of quaternary nitrogens is 1. The monoisotopic (exact) mass is 587 g/mol. The van der Waals surface area contributed by atoms with Gasteiger partial charge >= 0.3 is 121 Å². The number of rotatable bonds is 6. The maximum atomic E-state index is 13.4. The predicted octanol–water partition coefficient (Wildman–Crippen LogP) is 9.22. The molecule has 35 heavy (non-hydrogen) atoms. The summed E-state index contributed by atoms with van der Waals surface area (Å²) in [5, 5.41) is 0. The number of halogens is 18. The first-order valence-electron chi connectivity index (χ1n) is 9.37. The zero-order valence-corrected chi connectivity index (χ0v) is 18.5. The standard InChI is InChI=1S/C9H20N.C6F18P/c1-3-4-7-10(2)8-5-6-9-10;7-1(8,9)4(16,17)25(22,23,24,5(18,19)2(10,11)12)6(20,21)3(13,14)15/h3-9H2,1-2H3;/q+1;-1. The van der Waals surface area contributed by atoms with E-state index in [1.165, 1.54) is 49.8 Å². The first kappa shape index (κ1) is 34.1. The van der Waals surface area contributed by atoms with Gasteiger partial charge in [0.1, 0.15) is 0 Å². The van der Waals surface area contributed by atoms with Crippen LogP contribution in [0.1, 0.15) is 32.6 Å². The molecular weight excluding hydrogens is 567 g/mol. The molecule has 0 unspecified atom stereocenters. The molecule has 1 heterocycles. The average Bonchev–Trinajstić information content (AvgIpc) is 3.04. The van der Waals surface area contributed by atoms with Gasteiger partial charge in [-0.3, -0.25) is 0 Å². The summed E-state index contributed by atoms with van der Waals surface area (Å²) < 4.78 is 224. The first-order valence-corrected chi connectivity index (χ1v) is 11.7. The van der Waals surface area contributed by atoms with E-state index in [2.05, 4.69) is 14.0 Å². The van der Waals surface area contributed by atoms with Crippen LogP contribution in [-0.4, -0.2) is 66.7 Å². The van der Waals surface area contributed by atoms with Gasteiger partial charge in [0.05, 0.1) is 26.7 Å². The van der Waals surface area contributed by atoms with Gasteiger partial charge in [-0.15, -0.1) is 0 Å². The summed E-state index contributed by atoms with van der Waals surface area (Å²) in [6.45, 7) is -8.45. The summed E-state index contributed by atoms with van der Waals surface area (Å²) in [6, 6.07) is 0. The van der Waals surface area contributed by atoms with Crippen molar-refractivity contribution in [3.05, 3.63) is 0 Å². The van der Waals surface area contributed by atoms with Gasteiger partial charge < -0.3 is 4.48 Å². The van der Waals surface area contributed by atoms with Crippen LogP contribution in [-0.2, 0) is 0 Å². The van der Waals surface area contributed by atoms with E-state index < -0.39 is 42.4 Å². The van der Waals surface area contributed by atoms with Crippen molar-refractivity contribution in [3.63, 3.8) is 0 Å². The van der Waals surface area contributed by atoms with Crippen LogP contribution >= 0.6 is 6.88 Å². The van der Waals surface area contributed by atoms with Crippen molar-refractivity contribution in [1.82, 2.24) is 0 Å². The second-order valence-corrected chi connectivity index (χ2v) is 12.5. The molecule has 1 aliphatic rings. The molecule has 1 nitrogen and oxygen atoms in total. The molecule has 0 N–H and O–H groups in total. The molecule has 1 rings (SSSR count). The third-order valence-corrected chi connectivity index (χ3v) is 9.87. The Kier molecular flexibility index (Phi) is 8.37. The van der Waals surface area contributed by atoms with Gasteiger partial charge in [-0.05, 0) is 6.42 Å². The molecule has 20 heteroatoms. The summed E-state index contributed by atoms with van der Waals surface area (Å²) in [5.41, 5.74) is -29.3. The Bertz CT molecular complexity index is 670. The molecule has 1 fully saturated rings. The van der Waals surface area contributed by atoms with Gasteiger partial charge in [-0.1, -0.05) is 13.3 Å². The molecule has 0 radical (unpaired) electrons. The van der Waals surface area contributed by atoms with Gasteiger partial charge in [0, 0.05) is 12.8 Å². The fourth-order valence-electron chi connectivity index (χ4n) is 3.20. The molecule has 1 aliphatic heterocycles. The normalized spacial score (nSPS) is 20.6. The van der Waals surface area contributed by atoms with E-state index in [9.17, 15) is 78.4 Å². The Morgan fingerprint density at radius 2 is 0.829 bits per heavy atom. The van der Waals surface area contributed by atoms with Crippen LogP contribution < -0.4 is 0 Å².